The van der Waals surface area contributed by atoms with E-state index in [0.717, 1.165) is 6.42 Å². The zero-order valence-electron chi connectivity index (χ0n) is 17.3. The Morgan fingerprint density at radius 1 is 1.19 bits per heavy atom. The molecule has 2 bridgehead atoms. The van der Waals surface area contributed by atoms with E-state index in [0.29, 0.717) is 49.1 Å². The maximum Gasteiger partial charge on any atom is 0.251 e. The number of rotatable bonds is 5. The van der Waals surface area contributed by atoms with Crippen molar-refractivity contribution in [3.05, 3.63) is 18.5 Å². The van der Waals surface area contributed by atoms with Gasteiger partial charge in [-0.25, -0.2) is 28.1 Å². The molecule has 8 nitrogen and oxygen atoms in total. The molecular formula is C20H25F3N8. The van der Waals surface area contributed by atoms with Crippen LogP contribution < -0.4 is 15.5 Å². The van der Waals surface area contributed by atoms with Crippen molar-refractivity contribution in [1.29, 1.82) is 0 Å². The van der Waals surface area contributed by atoms with Crippen LogP contribution in [-0.2, 0) is 0 Å². The molecule has 2 N–H and O–H groups in total. The number of hydrogen-bond acceptors (Lipinski definition) is 8. The zero-order chi connectivity index (χ0) is 21.8. The number of fused-ring (bicyclic) bond motifs is 2. The highest BCUT2D eigenvalue weighted by Gasteiger charge is 2.45. The number of nitrogens with zero attached hydrogens (tertiary/aromatic N) is 7. The highest BCUT2D eigenvalue weighted by molar-refractivity contribution is 5.65. The summed E-state index contributed by atoms with van der Waals surface area (Å²) in [7, 11) is 0. The minimum Gasteiger partial charge on any atom is -0.368 e. The summed E-state index contributed by atoms with van der Waals surface area (Å²) in [4.78, 5) is 23.4. The molecule has 31 heavy (non-hydrogen) atoms. The second-order valence-electron chi connectivity index (χ2n) is 8.87. The summed E-state index contributed by atoms with van der Waals surface area (Å²) in [5.41, 5.74) is 5.64. The van der Waals surface area contributed by atoms with Gasteiger partial charge in [0.25, 0.3) is 6.43 Å². The SMILES string of the molecule is CC1(F)CCN(c2nc(-c3cnc(N)nc3)cc(N3CC4CC3CN4CC(F)F)n2)C1. The average Bonchev–Trinajstić information content (AvgIpc) is 3.41. The summed E-state index contributed by atoms with van der Waals surface area (Å²) >= 11 is 0. The Balaban J connectivity index is 1.47. The number of anilines is 3. The van der Waals surface area contributed by atoms with Crippen LogP contribution in [-0.4, -0.2) is 81.7 Å². The van der Waals surface area contributed by atoms with E-state index >= 15 is 0 Å². The normalized spacial score (nSPS) is 28.3. The molecule has 0 spiro atoms. The third-order valence-electron chi connectivity index (χ3n) is 6.40. The van der Waals surface area contributed by atoms with Gasteiger partial charge in [0.1, 0.15) is 11.5 Å². The van der Waals surface area contributed by atoms with Crippen molar-refractivity contribution in [2.75, 3.05) is 48.3 Å². The first-order valence-electron chi connectivity index (χ1n) is 10.5. The van der Waals surface area contributed by atoms with Crippen LogP contribution in [0.1, 0.15) is 19.8 Å². The smallest absolute Gasteiger partial charge is 0.251 e. The second-order valence-corrected chi connectivity index (χ2v) is 8.87. The maximum absolute atomic E-state index is 14.5. The van der Waals surface area contributed by atoms with E-state index < -0.39 is 12.1 Å². The molecule has 11 heteroatoms. The molecule has 0 aromatic carbocycles. The predicted octanol–water partition coefficient (Wildman–Crippen LogP) is 1.98. The molecule has 3 saturated heterocycles. The van der Waals surface area contributed by atoms with Gasteiger partial charge in [-0.3, -0.25) is 4.90 Å². The molecule has 5 heterocycles. The zero-order valence-corrected chi connectivity index (χ0v) is 17.3. The van der Waals surface area contributed by atoms with Crippen LogP contribution in [0.2, 0.25) is 0 Å². The van der Waals surface area contributed by atoms with Crippen LogP contribution in [0.5, 0.6) is 0 Å². The number of aromatic nitrogens is 4. The fourth-order valence-electron chi connectivity index (χ4n) is 4.85. The standard InChI is InChI=1S/C20H25F3N8/c1-20(23)2-3-29(11-20)19-27-15(12-6-25-18(24)26-7-12)5-17(28-19)31-9-13-4-14(31)8-30(13)10-16(21)22/h5-7,13-14,16H,2-4,8-11H2,1H3,(H2,24,25,26). The summed E-state index contributed by atoms with van der Waals surface area (Å²) in [5.74, 6) is 1.34. The lowest BCUT2D eigenvalue weighted by Gasteiger charge is -2.35. The Bertz CT molecular complexity index is 954. The average molecular weight is 434 g/mol. The molecule has 0 amide bonds. The second kappa shape index (κ2) is 7.47. The molecule has 0 saturated carbocycles. The van der Waals surface area contributed by atoms with Crippen molar-refractivity contribution in [1.82, 2.24) is 24.8 Å². The molecule has 3 unspecified atom stereocenters. The Morgan fingerprint density at radius 2 is 1.97 bits per heavy atom. The van der Waals surface area contributed by atoms with Gasteiger partial charge in [-0.15, -0.1) is 0 Å². The van der Waals surface area contributed by atoms with Gasteiger partial charge in [-0.05, 0) is 13.3 Å². The quantitative estimate of drug-likeness (QED) is 0.765. The van der Waals surface area contributed by atoms with Crippen LogP contribution in [0.25, 0.3) is 11.3 Å². The lowest BCUT2D eigenvalue weighted by atomic mass is 10.1. The first kappa shape index (κ1) is 20.2. The van der Waals surface area contributed by atoms with Crippen molar-refractivity contribution < 1.29 is 13.2 Å². The molecule has 0 radical (unpaired) electrons. The van der Waals surface area contributed by atoms with Crippen molar-refractivity contribution in [2.45, 2.75) is 43.9 Å². The van der Waals surface area contributed by atoms with Gasteiger partial charge in [0, 0.05) is 62.2 Å². The lowest BCUT2D eigenvalue weighted by molar-refractivity contribution is 0.0790. The summed E-state index contributed by atoms with van der Waals surface area (Å²) in [6.07, 6.45) is 2.11. The third-order valence-corrected chi connectivity index (χ3v) is 6.40. The van der Waals surface area contributed by atoms with Gasteiger partial charge < -0.3 is 15.5 Å². The number of likely N-dealkylation sites (tertiary alicyclic amines) is 1. The van der Waals surface area contributed by atoms with E-state index in [2.05, 4.69) is 19.9 Å². The number of hydrogen-bond donors (Lipinski definition) is 1. The first-order valence-corrected chi connectivity index (χ1v) is 10.5. The number of nitrogens with two attached hydrogens (primary N) is 1. The Hall–Kier alpha value is -2.69. The molecule has 3 atom stereocenters. The summed E-state index contributed by atoms with van der Waals surface area (Å²) in [5, 5.41) is 0. The summed E-state index contributed by atoms with van der Waals surface area (Å²) < 4.78 is 40.2. The predicted molar refractivity (Wildman–Crippen MR) is 111 cm³/mol. The first-order chi connectivity index (χ1) is 14.8. The van der Waals surface area contributed by atoms with Crippen molar-refractivity contribution in [2.24, 2.45) is 0 Å². The van der Waals surface area contributed by atoms with Gasteiger partial charge in [0.15, 0.2) is 0 Å². The van der Waals surface area contributed by atoms with E-state index in [1.165, 1.54) is 0 Å². The lowest BCUT2D eigenvalue weighted by Crippen LogP contribution is -2.48. The Morgan fingerprint density at radius 3 is 2.58 bits per heavy atom. The molecule has 5 rings (SSSR count). The van der Waals surface area contributed by atoms with Crippen LogP contribution in [0.3, 0.4) is 0 Å². The monoisotopic (exact) mass is 434 g/mol. The number of alkyl halides is 3. The minimum atomic E-state index is -2.33. The fraction of sp³-hybridized carbons (Fsp3) is 0.600. The van der Waals surface area contributed by atoms with Gasteiger partial charge >= 0.3 is 0 Å². The number of nitrogen functional groups attached to an aromatic ring is 1. The van der Waals surface area contributed by atoms with Crippen LogP contribution in [0.4, 0.5) is 30.9 Å². The van der Waals surface area contributed by atoms with Gasteiger partial charge in [0.05, 0.1) is 18.8 Å². The van der Waals surface area contributed by atoms with Gasteiger partial charge in [-0.2, -0.15) is 4.98 Å². The molecule has 3 fully saturated rings. The highest BCUT2D eigenvalue weighted by atomic mass is 19.3. The summed E-state index contributed by atoms with van der Waals surface area (Å²) in [6.45, 7) is 3.36. The van der Waals surface area contributed by atoms with E-state index in [-0.39, 0.29) is 31.1 Å². The van der Waals surface area contributed by atoms with Crippen molar-refractivity contribution in [3.8, 4) is 11.3 Å². The van der Waals surface area contributed by atoms with Gasteiger partial charge in [-0.1, -0.05) is 0 Å². The van der Waals surface area contributed by atoms with E-state index in [1.807, 2.05) is 15.9 Å². The molecule has 166 valence electrons. The third kappa shape index (κ3) is 3.98. The highest BCUT2D eigenvalue weighted by Crippen LogP contribution is 2.37. The summed E-state index contributed by atoms with van der Waals surface area (Å²) in [6, 6.07) is 2.06. The molecule has 3 aliphatic rings. The van der Waals surface area contributed by atoms with Crippen molar-refractivity contribution in [3.63, 3.8) is 0 Å². The van der Waals surface area contributed by atoms with E-state index in [4.69, 9.17) is 10.7 Å². The largest absolute Gasteiger partial charge is 0.368 e. The molecule has 0 aliphatic carbocycles. The van der Waals surface area contributed by atoms with Crippen molar-refractivity contribution >= 4 is 17.7 Å². The fourth-order valence-corrected chi connectivity index (χ4v) is 4.85. The minimum absolute atomic E-state index is 0.0849. The maximum atomic E-state index is 14.5. The van der Waals surface area contributed by atoms with E-state index in [1.54, 1.807) is 19.3 Å². The molecule has 3 aliphatic heterocycles. The van der Waals surface area contributed by atoms with E-state index in [9.17, 15) is 13.2 Å². The molecule has 2 aromatic rings. The Labute approximate surface area is 178 Å². The number of piperazine rings is 1. The van der Waals surface area contributed by atoms with Crippen LogP contribution in [0, 0.1) is 0 Å². The molecular weight excluding hydrogens is 409 g/mol. The molecule has 2 aromatic heterocycles. The van der Waals surface area contributed by atoms with Crippen LogP contribution >= 0.6 is 0 Å². The number of halogens is 3. The van der Waals surface area contributed by atoms with Crippen LogP contribution in [0.15, 0.2) is 18.5 Å². The van der Waals surface area contributed by atoms with Gasteiger partial charge in [0.2, 0.25) is 11.9 Å². The topological polar surface area (TPSA) is 87.3 Å². The Kier molecular flexibility index (Phi) is 4.87.